The molecule has 0 bridgehead atoms. The second-order valence-electron chi connectivity index (χ2n) is 8.51. The molecule has 1 aromatic carbocycles. The van der Waals surface area contributed by atoms with Gasteiger partial charge in [-0.15, -0.1) is 0 Å². The number of pyridine rings is 1. The highest BCUT2D eigenvalue weighted by molar-refractivity contribution is 7.91. The number of aromatic nitrogens is 1. The van der Waals surface area contributed by atoms with Crippen LogP contribution in [0.25, 0.3) is 0 Å². The van der Waals surface area contributed by atoms with Crippen molar-refractivity contribution in [1.29, 1.82) is 0 Å². The summed E-state index contributed by atoms with van der Waals surface area (Å²) in [6.07, 6.45) is 3.63. The molecule has 30 heavy (non-hydrogen) atoms. The number of rotatable bonds is 8. The molecule has 1 aliphatic carbocycles. The third-order valence-electron chi connectivity index (χ3n) is 4.83. The first-order chi connectivity index (χ1) is 14.0. The van der Waals surface area contributed by atoms with Gasteiger partial charge in [0.15, 0.2) is 0 Å². The summed E-state index contributed by atoms with van der Waals surface area (Å²) in [6, 6.07) is 10.8. The zero-order chi connectivity index (χ0) is 21.9. The molecule has 1 aliphatic rings. The Kier molecular flexibility index (Phi) is 6.36. The van der Waals surface area contributed by atoms with E-state index in [9.17, 15) is 13.2 Å². The van der Waals surface area contributed by atoms with Crippen LogP contribution in [0.15, 0.2) is 42.6 Å². The molecule has 1 atom stereocenters. The zero-order valence-corrected chi connectivity index (χ0v) is 18.5. The van der Waals surface area contributed by atoms with Gasteiger partial charge in [0.2, 0.25) is 10.0 Å². The molecule has 0 aliphatic heterocycles. The number of nitrogens with zero attached hydrogens (tertiary/aromatic N) is 1. The summed E-state index contributed by atoms with van der Waals surface area (Å²) < 4.78 is 36.9. The van der Waals surface area contributed by atoms with E-state index in [0.29, 0.717) is 11.7 Å². The van der Waals surface area contributed by atoms with Crippen LogP contribution in [0, 0.1) is 5.92 Å². The van der Waals surface area contributed by atoms with Crippen molar-refractivity contribution < 1.29 is 22.7 Å². The predicted octanol–water partition coefficient (Wildman–Crippen LogP) is 3.87. The lowest BCUT2D eigenvalue weighted by atomic mass is 10.1. The molecule has 1 unspecified atom stereocenters. The summed E-state index contributed by atoms with van der Waals surface area (Å²) in [6.45, 7) is 7.20. The molecule has 1 heterocycles. The summed E-state index contributed by atoms with van der Waals surface area (Å²) in [5.41, 5.74) is 0.958. The van der Waals surface area contributed by atoms with Gasteiger partial charge in [0.25, 0.3) is 5.91 Å². The van der Waals surface area contributed by atoms with E-state index in [-0.39, 0.29) is 11.8 Å². The van der Waals surface area contributed by atoms with Gasteiger partial charge in [-0.05, 0) is 76.3 Å². The smallest absolute Gasteiger partial charge is 0.283 e. The Hall–Kier alpha value is -2.61. The number of ether oxygens (including phenoxy) is 2. The lowest BCUT2D eigenvalue weighted by molar-refractivity contribution is 0.0975. The van der Waals surface area contributed by atoms with E-state index in [2.05, 4.69) is 4.98 Å². The minimum absolute atomic E-state index is 0.00157. The second-order valence-corrected chi connectivity index (χ2v) is 10.9. The Labute approximate surface area is 177 Å². The zero-order valence-electron chi connectivity index (χ0n) is 17.7. The number of hydrogen-bond donors (Lipinski definition) is 1. The molecular weight excluding hydrogens is 404 g/mol. The molecule has 0 saturated heterocycles. The van der Waals surface area contributed by atoms with Crippen molar-refractivity contribution >= 4 is 15.9 Å². The van der Waals surface area contributed by atoms with Crippen molar-refractivity contribution in [3.05, 3.63) is 53.9 Å². The highest BCUT2D eigenvalue weighted by Gasteiger charge is 2.31. The van der Waals surface area contributed by atoms with Gasteiger partial charge in [0.05, 0.1) is 17.6 Å². The maximum atomic E-state index is 12.2. The first kappa shape index (κ1) is 22.1. The van der Waals surface area contributed by atoms with Crippen molar-refractivity contribution in [2.24, 2.45) is 5.92 Å². The number of nitrogens with one attached hydrogen (secondary N) is 1. The van der Waals surface area contributed by atoms with Gasteiger partial charge in [-0.2, -0.15) is 0 Å². The van der Waals surface area contributed by atoms with Gasteiger partial charge in [-0.25, -0.2) is 18.1 Å². The Morgan fingerprint density at radius 1 is 1.20 bits per heavy atom. The summed E-state index contributed by atoms with van der Waals surface area (Å²) in [5, 5.41) is 0. The van der Waals surface area contributed by atoms with Crippen molar-refractivity contribution in [3.8, 4) is 11.5 Å². The third-order valence-corrected chi connectivity index (χ3v) is 6.89. The number of carbonyl (C=O) groups is 1. The van der Waals surface area contributed by atoms with Gasteiger partial charge in [-0.1, -0.05) is 12.1 Å². The monoisotopic (exact) mass is 432 g/mol. The van der Waals surface area contributed by atoms with E-state index >= 15 is 0 Å². The van der Waals surface area contributed by atoms with Crippen LogP contribution in [0.4, 0.5) is 0 Å². The van der Waals surface area contributed by atoms with Crippen molar-refractivity contribution in [2.75, 3.05) is 6.61 Å². The number of amides is 1. The Morgan fingerprint density at radius 3 is 2.53 bits per heavy atom. The van der Waals surface area contributed by atoms with Crippen LogP contribution in [0.2, 0.25) is 0 Å². The van der Waals surface area contributed by atoms with E-state index in [1.54, 1.807) is 6.07 Å². The molecular formula is C22H28N2O5S. The highest BCUT2D eigenvalue weighted by Crippen LogP contribution is 2.30. The lowest BCUT2D eigenvalue weighted by Crippen LogP contribution is -2.42. The van der Waals surface area contributed by atoms with Crippen LogP contribution < -0.4 is 14.2 Å². The average molecular weight is 433 g/mol. The van der Waals surface area contributed by atoms with E-state index in [1.807, 2.05) is 35.9 Å². The van der Waals surface area contributed by atoms with Gasteiger partial charge in [0, 0.05) is 0 Å². The van der Waals surface area contributed by atoms with E-state index in [0.717, 1.165) is 17.9 Å². The molecule has 2 aromatic rings. The molecule has 162 valence electrons. The minimum atomic E-state index is -3.80. The number of carbonyl (C=O) groups excluding carboxylic acids is 1. The molecule has 1 N–H and O–H groups in total. The van der Waals surface area contributed by atoms with Crippen molar-refractivity contribution in [1.82, 2.24) is 9.71 Å². The Morgan fingerprint density at radius 2 is 1.93 bits per heavy atom. The highest BCUT2D eigenvalue weighted by atomic mass is 32.2. The molecule has 3 rings (SSSR count). The summed E-state index contributed by atoms with van der Waals surface area (Å²) in [4.78, 5) is 16.2. The van der Waals surface area contributed by atoms with Gasteiger partial charge >= 0.3 is 0 Å². The topological polar surface area (TPSA) is 94.6 Å². The Bertz CT molecular complexity index is 993. The first-order valence-electron chi connectivity index (χ1n) is 9.97. The van der Waals surface area contributed by atoms with E-state index in [4.69, 9.17) is 9.47 Å². The maximum absolute atomic E-state index is 12.2. The Balaban J connectivity index is 1.61. The molecule has 7 nitrogen and oxygen atoms in total. The quantitative estimate of drug-likeness (QED) is 0.680. The molecule has 1 fully saturated rings. The van der Waals surface area contributed by atoms with Crippen LogP contribution in [0.5, 0.6) is 11.5 Å². The second kappa shape index (κ2) is 8.63. The first-order valence-corrected chi connectivity index (χ1v) is 11.5. The van der Waals surface area contributed by atoms with Crippen LogP contribution in [-0.4, -0.2) is 30.7 Å². The molecule has 0 radical (unpaired) electrons. The number of benzene rings is 1. The fraction of sp³-hybridized carbons (Fsp3) is 0.455. The van der Waals surface area contributed by atoms with Crippen LogP contribution in [0.3, 0.4) is 0 Å². The van der Waals surface area contributed by atoms with Crippen LogP contribution >= 0.6 is 0 Å². The van der Waals surface area contributed by atoms with E-state index in [1.165, 1.54) is 45.9 Å². The number of hydrogen-bond acceptors (Lipinski definition) is 6. The summed E-state index contributed by atoms with van der Waals surface area (Å²) in [5.74, 6) is 1.20. The summed E-state index contributed by atoms with van der Waals surface area (Å²) >= 11 is 0. The van der Waals surface area contributed by atoms with Gasteiger partial charge in [-0.3, -0.25) is 4.79 Å². The van der Waals surface area contributed by atoms with Crippen LogP contribution in [-0.2, 0) is 10.0 Å². The fourth-order valence-corrected chi connectivity index (χ4v) is 3.19. The standard InChI is InChI=1S/C22H28N2O5S/c1-15(17-6-5-7-18(12-17)28-14-16-8-9-16)29-19-10-11-20(23-13-19)21(25)24-30(26,27)22(2,3)4/h5-7,10-13,15-16H,8-9,14H2,1-4H3,(H,24,25). The van der Waals surface area contributed by atoms with Gasteiger partial charge in [0.1, 0.15) is 23.3 Å². The van der Waals surface area contributed by atoms with Crippen LogP contribution in [0.1, 0.15) is 62.7 Å². The fourth-order valence-electron chi connectivity index (χ4n) is 2.54. The molecule has 0 spiro atoms. The van der Waals surface area contributed by atoms with Crippen molar-refractivity contribution in [3.63, 3.8) is 0 Å². The maximum Gasteiger partial charge on any atom is 0.283 e. The molecule has 1 aromatic heterocycles. The minimum Gasteiger partial charge on any atom is -0.493 e. The molecule has 8 heteroatoms. The summed E-state index contributed by atoms with van der Waals surface area (Å²) in [7, 11) is -3.80. The molecule has 1 amide bonds. The average Bonchev–Trinajstić information content (AvgIpc) is 3.50. The largest absolute Gasteiger partial charge is 0.493 e. The lowest BCUT2D eigenvalue weighted by Gasteiger charge is -2.19. The number of sulfonamides is 1. The normalized spacial score (nSPS) is 15.3. The predicted molar refractivity (Wildman–Crippen MR) is 114 cm³/mol. The van der Waals surface area contributed by atoms with E-state index < -0.39 is 20.7 Å². The van der Waals surface area contributed by atoms with Gasteiger partial charge < -0.3 is 9.47 Å². The third kappa shape index (κ3) is 5.72. The molecule has 1 saturated carbocycles. The van der Waals surface area contributed by atoms with Crippen molar-refractivity contribution in [2.45, 2.75) is 51.4 Å². The SMILES string of the molecule is CC(Oc1ccc(C(=O)NS(=O)(=O)C(C)(C)C)nc1)c1cccc(OCC2CC2)c1.